The summed E-state index contributed by atoms with van der Waals surface area (Å²) >= 11 is 0. The van der Waals surface area contributed by atoms with Crippen LogP contribution in [0.1, 0.15) is 34.5 Å². The van der Waals surface area contributed by atoms with Gasteiger partial charge >= 0.3 is 5.97 Å². The zero-order valence-corrected chi connectivity index (χ0v) is 14.9. The summed E-state index contributed by atoms with van der Waals surface area (Å²) in [7, 11) is 1.59. The van der Waals surface area contributed by atoms with Crippen LogP contribution in [0.3, 0.4) is 0 Å². The Morgan fingerprint density at radius 2 is 2.08 bits per heavy atom. The third-order valence-electron chi connectivity index (χ3n) is 4.79. The molecule has 0 saturated carbocycles. The Labute approximate surface area is 151 Å². The van der Waals surface area contributed by atoms with Crippen LogP contribution in [-0.2, 0) is 11.3 Å². The number of rotatable bonds is 4. The van der Waals surface area contributed by atoms with Crippen LogP contribution in [0, 0.1) is 6.92 Å². The van der Waals surface area contributed by atoms with Crippen molar-refractivity contribution in [3.05, 3.63) is 41.2 Å². The van der Waals surface area contributed by atoms with Crippen LogP contribution in [0.5, 0.6) is 11.6 Å². The number of hydrogen-bond donors (Lipinski definition) is 0. The van der Waals surface area contributed by atoms with Gasteiger partial charge in [-0.2, -0.15) is 0 Å². The van der Waals surface area contributed by atoms with Crippen LogP contribution in [0.15, 0.2) is 24.4 Å². The molecule has 2 aromatic heterocycles. The van der Waals surface area contributed by atoms with E-state index in [1.165, 1.54) is 0 Å². The van der Waals surface area contributed by atoms with E-state index in [4.69, 9.17) is 14.2 Å². The number of carbonyl (C=O) groups excluding carboxylic acids is 1. The van der Waals surface area contributed by atoms with Crippen LogP contribution < -0.4 is 14.4 Å². The van der Waals surface area contributed by atoms with Gasteiger partial charge in [-0.3, -0.25) is 0 Å². The van der Waals surface area contributed by atoms with Crippen molar-refractivity contribution < 1.29 is 19.0 Å². The van der Waals surface area contributed by atoms with Crippen molar-refractivity contribution in [1.29, 1.82) is 0 Å². The predicted molar refractivity (Wildman–Crippen MR) is 94.7 cm³/mol. The lowest BCUT2D eigenvalue weighted by Gasteiger charge is -2.33. The quantitative estimate of drug-likeness (QED) is 0.780. The van der Waals surface area contributed by atoms with Gasteiger partial charge < -0.3 is 19.1 Å². The van der Waals surface area contributed by atoms with Crippen molar-refractivity contribution in [1.82, 2.24) is 9.97 Å². The Hall–Kier alpha value is -2.83. The number of methoxy groups -OCH3 is 1. The van der Waals surface area contributed by atoms with E-state index in [0.29, 0.717) is 11.4 Å². The molecule has 1 saturated heterocycles. The summed E-state index contributed by atoms with van der Waals surface area (Å²) in [5.41, 5.74) is 2.33. The first-order chi connectivity index (χ1) is 12.6. The van der Waals surface area contributed by atoms with E-state index in [-0.39, 0.29) is 18.7 Å². The monoisotopic (exact) mass is 355 g/mol. The third kappa shape index (κ3) is 3.16. The van der Waals surface area contributed by atoms with Crippen molar-refractivity contribution in [3.63, 3.8) is 0 Å². The fourth-order valence-corrected chi connectivity index (χ4v) is 3.39. The molecule has 0 unspecified atom stereocenters. The minimum Gasteiger partial charge on any atom is -0.489 e. The van der Waals surface area contributed by atoms with Gasteiger partial charge in [0, 0.05) is 32.0 Å². The second-order valence-electron chi connectivity index (χ2n) is 6.54. The first kappa shape index (κ1) is 16.6. The highest BCUT2D eigenvalue weighted by molar-refractivity contribution is 5.93. The summed E-state index contributed by atoms with van der Waals surface area (Å²) in [5, 5.41) is 0. The highest BCUT2D eigenvalue weighted by Gasteiger charge is 2.27. The maximum Gasteiger partial charge on any atom is 0.340 e. The molecule has 0 spiro atoms. The number of esters is 1. The number of pyridine rings is 2. The standard InChI is InChI=1S/C19H21N3O4/c1-12-9-15-16(11-25-19(15)23)21-18(12)22-7-5-13(6-8-22)26-14-3-4-17(24-2)20-10-14/h3-4,9-10,13H,5-8,11H2,1-2H3. The molecular formula is C19H21N3O4. The zero-order chi connectivity index (χ0) is 18.1. The molecular weight excluding hydrogens is 334 g/mol. The van der Waals surface area contributed by atoms with Crippen LogP contribution in [0.25, 0.3) is 0 Å². The lowest BCUT2D eigenvalue weighted by atomic mass is 10.1. The van der Waals surface area contributed by atoms with Crippen molar-refractivity contribution >= 4 is 11.8 Å². The summed E-state index contributed by atoms with van der Waals surface area (Å²) in [4.78, 5) is 22.8. The second-order valence-corrected chi connectivity index (χ2v) is 6.54. The molecule has 136 valence electrons. The zero-order valence-electron chi connectivity index (χ0n) is 14.9. The SMILES string of the molecule is COc1ccc(OC2CCN(c3nc4c(cc3C)C(=O)OC4)CC2)cn1. The highest BCUT2D eigenvalue weighted by Crippen LogP contribution is 2.28. The molecule has 2 aliphatic rings. The van der Waals surface area contributed by atoms with Crippen molar-refractivity contribution in [2.45, 2.75) is 32.5 Å². The minimum atomic E-state index is -0.276. The summed E-state index contributed by atoms with van der Waals surface area (Å²) in [6.45, 7) is 3.97. The molecule has 0 aliphatic carbocycles. The van der Waals surface area contributed by atoms with Gasteiger partial charge in [-0.1, -0.05) is 0 Å². The molecule has 2 aliphatic heterocycles. The molecule has 0 N–H and O–H groups in total. The maximum atomic E-state index is 11.7. The third-order valence-corrected chi connectivity index (χ3v) is 4.79. The Bertz CT molecular complexity index is 814. The second kappa shape index (κ2) is 6.82. The first-order valence-electron chi connectivity index (χ1n) is 8.73. The molecule has 2 aromatic rings. The molecule has 0 aromatic carbocycles. The van der Waals surface area contributed by atoms with Gasteiger partial charge in [-0.15, -0.1) is 0 Å². The van der Waals surface area contributed by atoms with E-state index in [1.54, 1.807) is 19.4 Å². The summed E-state index contributed by atoms with van der Waals surface area (Å²) in [5.74, 6) is 1.99. The number of aromatic nitrogens is 2. The number of cyclic esters (lactones) is 1. The number of hydrogen-bond acceptors (Lipinski definition) is 7. The van der Waals surface area contributed by atoms with Crippen LogP contribution >= 0.6 is 0 Å². The average molecular weight is 355 g/mol. The van der Waals surface area contributed by atoms with Crippen LogP contribution in [0.4, 0.5) is 5.82 Å². The molecule has 0 atom stereocenters. The lowest BCUT2D eigenvalue weighted by Crippen LogP contribution is -2.39. The van der Waals surface area contributed by atoms with E-state index in [0.717, 1.165) is 48.8 Å². The van der Waals surface area contributed by atoms with Crippen molar-refractivity contribution in [2.24, 2.45) is 0 Å². The van der Waals surface area contributed by atoms with Crippen LogP contribution in [0.2, 0.25) is 0 Å². The summed E-state index contributed by atoms with van der Waals surface area (Å²) < 4.78 is 16.2. The Morgan fingerprint density at radius 3 is 2.77 bits per heavy atom. The number of piperidine rings is 1. The molecule has 26 heavy (non-hydrogen) atoms. The normalized spacial score (nSPS) is 17.0. The van der Waals surface area contributed by atoms with E-state index >= 15 is 0 Å². The van der Waals surface area contributed by atoms with Gasteiger partial charge in [-0.25, -0.2) is 14.8 Å². The Morgan fingerprint density at radius 1 is 1.27 bits per heavy atom. The summed E-state index contributed by atoms with van der Waals surface area (Å²) in [6, 6.07) is 5.56. The van der Waals surface area contributed by atoms with E-state index in [1.807, 2.05) is 19.1 Å². The number of fused-ring (bicyclic) bond motifs is 1. The number of carbonyl (C=O) groups is 1. The summed E-state index contributed by atoms with van der Waals surface area (Å²) in [6.07, 6.45) is 3.65. The number of aryl methyl sites for hydroxylation is 1. The smallest absolute Gasteiger partial charge is 0.340 e. The van der Waals surface area contributed by atoms with Gasteiger partial charge in [0.1, 0.15) is 24.3 Å². The molecule has 7 heteroatoms. The highest BCUT2D eigenvalue weighted by atomic mass is 16.5. The molecule has 0 amide bonds. The number of nitrogens with zero attached hydrogens (tertiary/aromatic N) is 3. The van der Waals surface area contributed by atoms with Crippen LogP contribution in [-0.4, -0.2) is 42.2 Å². The number of ether oxygens (including phenoxy) is 3. The lowest BCUT2D eigenvalue weighted by molar-refractivity contribution is 0.0533. The fraction of sp³-hybridized carbons (Fsp3) is 0.421. The average Bonchev–Trinajstić information content (AvgIpc) is 3.02. The van der Waals surface area contributed by atoms with E-state index in [2.05, 4.69) is 14.9 Å². The molecule has 4 rings (SSSR count). The molecule has 0 bridgehead atoms. The van der Waals surface area contributed by atoms with Gasteiger partial charge in [-0.05, 0) is 24.6 Å². The molecule has 4 heterocycles. The molecule has 0 radical (unpaired) electrons. The van der Waals surface area contributed by atoms with Gasteiger partial charge in [0.05, 0.1) is 24.6 Å². The minimum absolute atomic E-state index is 0.154. The van der Waals surface area contributed by atoms with Gasteiger partial charge in [0.25, 0.3) is 0 Å². The predicted octanol–water partition coefficient (Wildman–Crippen LogP) is 2.51. The Balaban J connectivity index is 1.40. The molecule has 1 fully saturated rings. The van der Waals surface area contributed by atoms with Gasteiger partial charge in [0.2, 0.25) is 5.88 Å². The van der Waals surface area contributed by atoms with Crippen molar-refractivity contribution in [2.75, 3.05) is 25.1 Å². The van der Waals surface area contributed by atoms with E-state index < -0.39 is 0 Å². The van der Waals surface area contributed by atoms with Gasteiger partial charge in [0.15, 0.2) is 0 Å². The maximum absolute atomic E-state index is 11.7. The first-order valence-corrected chi connectivity index (χ1v) is 8.73. The topological polar surface area (TPSA) is 73.8 Å². The Kier molecular flexibility index (Phi) is 4.36. The fourth-order valence-electron chi connectivity index (χ4n) is 3.39. The molecule has 7 nitrogen and oxygen atoms in total. The van der Waals surface area contributed by atoms with Crippen molar-refractivity contribution in [3.8, 4) is 11.6 Å². The largest absolute Gasteiger partial charge is 0.489 e. The van der Waals surface area contributed by atoms with E-state index in [9.17, 15) is 4.79 Å². The number of anilines is 1.